The number of rotatable bonds is 4. The Morgan fingerprint density at radius 2 is 2.17 bits per heavy atom. The van der Waals surface area contributed by atoms with Gasteiger partial charge in [0.2, 0.25) is 0 Å². The lowest BCUT2D eigenvalue weighted by Gasteiger charge is -2.06. The molecule has 0 N–H and O–H groups in total. The number of hydrogen-bond donors (Lipinski definition) is 0. The number of hydrogen-bond acceptors (Lipinski definition) is 4. The van der Waals surface area contributed by atoms with E-state index < -0.39 is 0 Å². The van der Waals surface area contributed by atoms with Crippen LogP contribution in [0.3, 0.4) is 0 Å². The lowest BCUT2D eigenvalue weighted by Crippen LogP contribution is -2.01. The summed E-state index contributed by atoms with van der Waals surface area (Å²) < 4.78 is 5.98. The Morgan fingerprint density at radius 3 is 2.78 bits per heavy atom. The number of aryl methyl sites for hydroxylation is 1. The quantitative estimate of drug-likeness (QED) is 0.576. The first-order valence-corrected chi connectivity index (χ1v) is 7.73. The van der Waals surface area contributed by atoms with Crippen molar-refractivity contribution in [2.24, 2.45) is 0 Å². The van der Waals surface area contributed by atoms with Gasteiger partial charge in [0.05, 0.1) is 20.7 Å². The van der Waals surface area contributed by atoms with E-state index in [0.717, 1.165) is 20.6 Å². The van der Waals surface area contributed by atoms with Crippen molar-refractivity contribution in [1.29, 1.82) is 0 Å². The molecule has 0 spiro atoms. The predicted molar refractivity (Wildman–Crippen MR) is 83.2 cm³/mol. The molecular weight excluding hydrogens is 383 g/mol. The molecule has 0 unspecified atom stereocenters. The van der Waals surface area contributed by atoms with Gasteiger partial charge in [0, 0.05) is 12.0 Å². The van der Waals surface area contributed by atoms with Crippen molar-refractivity contribution in [2.45, 2.75) is 20.0 Å². The first-order chi connectivity index (χ1) is 8.65. The SMILES string of the molecule is CCc1ccc(-c2nc(Cl)c(I)c(COC)n2)s1. The molecule has 0 aliphatic rings. The Hall–Kier alpha value is -0.240. The summed E-state index contributed by atoms with van der Waals surface area (Å²) in [7, 11) is 1.64. The molecular formula is C12H12ClIN2OS. The molecule has 0 saturated heterocycles. The van der Waals surface area contributed by atoms with Crippen LogP contribution in [0.15, 0.2) is 12.1 Å². The van der Waals surface area contributed by atoms with Gasteiger partial charge in [-0.25, -0.2) is 9.97 Å². The van der Waals surface area contributed by atoms with Crippen molar-refractivity contribution in [3.05, 3.63) is 31.4 Å². The van der Waals surface area contributed by atoms with Crippen LogP contribution in [-0.4, -0.2) is 17.1 Å². The smallest absolute Gasteiger partial charge is 0.171 e. The predicted octanol–water partition coefficient (Wildman–Crippen LogP) is 4.17. The van der Waals surface area contributed by atoms with Crippen molar-refractivity contribution in [1.82, 2.24) is 9.97 Å². The third-order valence-corrected chi connectivity index (χ3v) is 5.34. The second-order valence-corrected chi connectivity index (χ2v) is 6.26. The van der Waals surface area contributed by atoms with Gasteiger partial charge in [0.1, 0.15) is 5.15 Å². The van der Waals surface area contributed by atoms with E-state index in [1.54, 1.807) is 18.4 Å². The molecule has 0 saturated carbocycles. The Kier molecular flexibility index (Phi) is 4.94. The molecule has 3 nitrogen and oxygen atoms in total. The van der Waals surface area contributed by atoms with Gasteiger partial charge in [0.15, 0.2) is 5.82 Å². The third-order valence-electron chi connectivity index (χ3n) is 2.39. The van der Waals surface area contributed by atoms with E-state index in [2.05, 4.69) is 45.5 Å². The average molecular weight is 395 g/mol. The summed E-state index contributed by atoms with van der Waals surface area (Å²) in [5.74, 6) is 0.678. The minimum absolute atomic E-state index is 0.444. The van der Waals surface area contributed by atoms with Crippen LogP contribution in [0.2, 0.25) is 5.15 Å². The van der Waals surface area contributed by atoms with Crippen LogP contribution in [0.25, 0.3) is 10.7 Å². The van der Waals surface area contributed by atoms with E-state index in [1.807, 2.05) is 6.07 Å². The van der Waals surface area contributed by atoms with Crippen molar-refractivity contribution >= 4 is 45.5 Å². The average Bonchev–Trinajstić information content (AvgIpc) is 2.83. The highest BCUT2D eigenvalue weighted by atomic mass is 127. The number of halogens is 2. The number of thiophene rings is 1. The summed E-state index contributed by atoms with van der Waals surface area (Å²) in [6.45, 7) is 2.58. The van der Waals surface area contributed by atoms with E-state index in [4.69, 9.17) is 16.3 Å². The molecule has 0 atom stereocenters. The molecule has 0 aliphatic heterocycles. The Bertz CT molecular complexity index is 559. The van der Waals surface area contributed by atoms with Crippen LogP contribution < -0.4 is 0 Å². The molecule has 2 aromatic heterocycles. The summed E-state index contributed by atoms with van der Waals surface area (Å²) in [5.41, 5.74) is 0.833. The first kappa shape index (κ1) is 14.2. The Morgan fingerprint density at radius 1 is 1.39 bits per heavy atom. The summed E-state index contributed by atoms with van der Waals surface area (Å²) in [6.07, 6.45) is 1.02. The van der Waals surface area contributed by atoms with Crippen molar-refractivity contribution < 1.29 is 4.74 Å². The van der Waals surface area contributed by atoms with E-state index in [-0.39, 0.29) is 0 Å². The van der Waals surface area contributed by atoms with E-state index in [1.165, 1.54) is 4.88 Å². The molecule has 2 rings (SSSR count). The topological polar surface area (TPSA) is 35.0 Å². The number of nitrogens with zero attached hydrogens (tertiary/aromatic N) is 2. The van der Waals surface area contributed by atoms with Gasteiger partial charge < -0.3 is 4.74 Å². The van der Waals surface area contributed by atoms with Crippen LogP contribution >= 0.6 is 45.5 Å². The summed E-state index contributed by atoms with van der Waals surface area (Å²) >= 11 is 9.98. The molecule has 0 amide bonds. The van der Waals surface area contributed by atoms with Crippen LogP contribution in [-0.2, 0) is 17.8 Å². The molecule has 0 bridgehead atoms. The highest BCUT2D eigenvalue weighted by molar-refractivity contribution is 14.1. The fraction of sp³-hybridized carbons (Fsp3) is 0.333. The fourth-order valence-electron chi connectivity index (χ4n) is 1.49. The van der Waals surface area contributed by atoms with Gasteiger partial charge in [-0.15, -0.1) is 11.3 Å². The van der Waals surface area contributed by atoms with Crippen molar-refractivity contribution in [3.8, 4) is 10.7 Å². The number of methoxy groups -OCH3 is 1. The zero-order valence-corrected chi connectivity index (χ0v) is 13.8. The lowest BCUT2D eigenvalue weighted by atomic mass is 10.3. The minimum atomic E-state index is 0.444. The van der Waals surface area contributed by atoms with Crippen molar-refractivity contribution in [2.75, 3.05) is 7.11 Å². The summed E-state index contributed by atoms with van der Waals surface area (Å²) in [6, 6.07) is 4.14. The molecule has 0 fully saturated rings. The van der Waals surface area contributed by atoms with E-state index in [9.17, 15) is 0 Å². The summed E-state index contributed by atoms with van der Waals surface area (Å²) in [5, 5.41) is 0.485. The monoisotopic (exact) mass is 394 g/mol. The van der Waals surface area contributed by atoms with E-state index in [0.29, 0.717) is 17.6 Å². The van der Waals surface area contributed by atoms with Gasteiger partial charge >= 0.3 is 0 Å². The van der Waals surface area contributed by atoms with Crippen LogP contribution in [0.4, 0.5) is 0 Å². The zero-order chi connectivity index (χ0) is 13.1. The number of aromatic nitrogens is 2. The molecule has 2 heterocycles. The maximum Gasteiger partial charge on any atom is 0.171 e. The van der Waals surface area contributed by atoms with Crippen molar-refractivity contribution in [3.63, 3.8) is 0 Å². The van der Waals surface area contributed by atoms with E-state index >= 15 is 0 Å². The second kappa shape index (κ2) is 6.27. The fourth-order valence-corrected chi connectivity index (χ4v) is 2.96. The van der Waals surface area contributed by atoms with Gasteiger partial charge in [-0.3, -0.25) is 0 Å². The normalized spacial score (nSPS) is 10.9. The highest BCUT2D eigenvalue weighted by Crippen LogP contribution is 2.29. The van der Waals surface area contributed by atoms with Gasteiger partial charge in [-0.05, 0) is 41.1 Å². The van der Waals surface area contributed by atoms with Gasteiger partial charge in [-0.1, -0.05) is 18.5 Å². The maximum absolute atomic E-state index is 6.14. The van der Waals surface area contributed by atoms with Gasteiger partial charge in [0.25, 0.3) is 0 Å². The van der Waals surface area contributed by atoms with Gasteiger partial charge in [-0.2, -0.15) is 0 Å². The molecule has 96 valence electrons. The Labute approximate surface area is 129 Å². The molecule has 6 heteroatoms. The van der Waals surface area contributed by atoms with Crippen LogP contribution in [0.1, 0.15) is 17.5 Å². The minimum Gasteiger partial charge on any atom is -0.378 e. The first-order valence-electron chi connectivity index (χ1n) is 5.45. The number of ether oxygens (including phenoxy) is 1. The molecule has 0 aromatic carbocycles. The Balaban J connectivity index is 2.44. The highest BCUT2D eigenvalue weighted by Gasteiger charge is 2.13. The molecule has 2 aromatic rings. The molecule has 0 radical (unpaired) electrons. The third kappa shape index (κ3) is 3.01. The summed E-state index contributed by atoms with van der Waals surface area (Å²) in [4.78, 5) is 11.2. The standard InChI is InChI=1S/C12H12ClIN2OS/c1-3-7-4-5-9(18-7)12-15-8(6-17-2)10(14)11(13)16-12/h4-5H,3,6H2,1-2H3. The second-order valence-electron chi connectivity index (χ2n) is 3.65. The molecule has 18 heavy (non-hydrogen) atoms. The molecule has 0 aliphatic carbocycles. The zero-order valence-electron chi connectivity index (χ0n) is 10.0. The maximum atomic E-state index is 6.14. The van der Waals surface area contributed by atoms with Crippen LogP contribution in [0, 0.1) is 3.57 Å². The van der Waals surface area contributed by atoms with Crippen LogP contribution in [0.5, 0.6) is 0 Å². The lowest BCUT2D eigenvalue weighted by molar-refractivity contribution is 0.181. The largest absolute Gasteiger partial charge is 0.378 e.